The predicted octanol–water partition coefficient (Wildman–Crippen LogP) is 2.36. The fourth-order valence-corrected chi connectivity index (χ4v) is 3.80. The maximum absolute atomic E-state index is 12.5. The first kappa shape index (κ1) is 17.3. The van der Waals surface area contributed by atoms with Crippen molar-refractivity contribution in [3.05, 3.63) is 30.1 Å². The average molecular weight is 336 g/mol. The number of carbonyl (C=O) groups is 1. The van der Waals surface area contributed by atoms with Gasteiger partial charge in [0.15, 0.2) is 0 Å². The summed E-state index contributed by atoms with van der Waals surface area (Å²) in [5.41, 5.74) is 0.908. The Balaban J connectivity index is 1.64. The molecule has 3 heterocycles. The first-order valence-corrected chi connectivity index (χ1v) is 8.65. The molecule has 0 bridgehead atoms. The summed E-state index contributed by atoms with van der Waals surface area (Å²) >= 11 is 0. The number of aromatic nitrogens is 1. The molecule has 24 heavy (non-hydrogen) atoms. The van der Waals surface area contributed by atoms with E-state index in [0.717, 1.165) is 31.4 Å². The van der Waals surface area contributed by atoms with Gasteiger partial charge in [0, 0.05) is 37.5 Å². The van der Waals surface area contributed by atoms with Crippen molar-refractivity contribution in [2.45, 2.75) is 38.4 Å². The van der Waals surface area contributed by atoms with E-state index in [9.17, 15) is 9.18 Å². The summed E-state index contributed by atoms with van der Waals surface area (Å²) in [7, 11) is 0. The average Bonchev–Trinajstić information content (AvgIpc) is 2.62. The predicted molar refractivity (Wildman–Crippen MR) is 87.1 cm³/mol. The number of amides is 1. The number of hydrogen-bond donors (Lipinski definition) is 0. The topological polar surface area (TPSA) is 51.7 Å². The summed E-state index contributed by atoms with van der Waals surface area (Å²) in [5, 5.41) is 0. The van der Waals surface area contributed by atoms with Crippen LogP contribution in [0.5, 0.6) is 0 Å². The number of hydrogen-bond acceptors (Lipinski definition) is 4. The largest absolute Gasteiger partial charge is 0.377 e. The highest BCUT2D eigenvalue weighted by Crippen LogP contribution is 2.40. The molecule has 1 aromatic heterocycles. The van der Waals surface area contributed by atoms with Gasteiger partial charge in [-0.25, -0.2) is 0 Å². The number of rotatable bonds is 6. The van der Waals surface area contributed by atoms with Crippen molar-refractivity contribution in [3.63, 3.8) is 0 Å². The molecule has 0 saturated carbocycles. The van der Waals surface area contributed by atoms with Crippen LogP contribution in [0.15, 0.2) is 24.5 Å². The highest BCUT2D eigenvalue weighted by Gasteiger charge is 2.47. The van der Waals surface area contributed by atoms with Gasteiger partial charge in [-0.05, 0) is 37.0 Å². The third-order valence-corrected chi connectivity index (χ3v) is 5.06. The Morgan fingerprint density at radius 2 is 2.29 bits per heavy atom. The van der Waals surface area contributed by atoms with Crippen LogP contribution in [-0.2, 0) is 20.9 Å². The van der Waals surface area contributed by atoms with Crippen LogP contribution in [-0.4, -0.2) is 54.9 Å². The zero-order chi connectivity index (χ0) is 16.8. The molecule has 0 radical (unpaired) electrons. The molecule has 3 rings (SSSR count). The van der Waals surface area contributed by atoms with Crippen LogP contribution < -0.4 is 0 Å². The van der Waals surface area contributed by atoms with Crippen molar-refractivity contribution in [3.8, 4) is 0 Å². The normalized spacial score (nSPS) is 26.9. The second-order valence-corrected chi connectivity index (χ2v) is 6.72. The molecule has 132 valence electrons. The van der Waals surface area contributed by atoms with Gasteiger partial charge in [-0.1, -0.05) is 0 Å². The number of nitrogens with zero attached hydrogens (tertiary/aromatic N) is 2. The summed E-state index contributed by atoms with van der Waals surface area (Å²) in [6, 6.07) is 3.87. The second kappa shape index (κ2) is 8.03. The number of piperidine rings is 1. The molecule has 1 aromatic rings. The number of likely N-dealkylation sites (tertiary alicyclic amines) is 1. The molecule has 1 amide bonds. The zero-order valence-corrected chi connectivity index (χ0v) is 14.0. The summed E-state index contributed by atoms with van der Waals surface area (Å²) in [5.74, 6) is -0.102. The molecule has 0 spiro atoms. The van der Waals surface area contributed by atoms with E-state index in [-0.39, 0.29) is 23.8 Å². The van der Waals surface area contributed by atoms with Crippen LogP contribution in [0, 0.1) is 5.41 Å². The van der Waals surface area contributed by atoms with Gasteiger partial charge in [0.05, 0.1) is 32.4 Å². The minimum absolute atomic E-state index is 0.0283. The van der Waals surface area contributed by atoms with Crippen molar-refractivity contribution in [2.24, 2.45) is 5.41 Å². The number of halogens is 1. The molecule has 2 unspecified atom stereocenters. The van der Waals surface area contributed by atoms with E-state index in [0.29, 0.717) is 26.3 Å². The number of carbonyl (C=O) groups excluding carboxylic acids is 1. The van der Waals surface area contributed by atoms with Crippen molar-refractivity contribution in [1.82, 2.24) is 9.88 Å². The van der Waals surface area contributed by atoms with E-state index in [2.05, 4.69) is 4.98 Å². The van der Waals surface area contributed by atoms with Gasteiger partial charge < -0.3 is 14.4 Å². The monoisotopic (exact) mass is 336 g/mol. The van der Waals surface area contributed by atoms with Crippen molar-refractivity contribution < 1.29 is 18.7 Å². The maximum Gasteiger partial charge on any atom is 0.225 e. The Morgan fingerprint density at radius 3 is 3.08 bits per heavy atom. The minimum Gasteiger partial charge on any atom is -0.377 e. The Labute approximate surface area is 142 Å². The minimum atomic E-state index is -0.596. The number of alkyl halides is 1. The van der Waals surface area contributed by atoms with E-state index in [4.69, 9.17) is 9.47 Å². The Hall–Kier alpha value is -1.53. The third-order valence-electron chi connectivity index (χ3n) is 5.06. The van der Waals surface area contributed by atoms with Gasteiger partial charge in [-0.3, -0.25) is 14.2 Å². The molecule has 2 fully saturated rings. The maximum atomic E-state index is 12.5. The van der Waals surface area contributed by atoms with Gasteiger partial charge in [0.2, 0.25) is 5.91 Å². The lowest BCUT2D eigenvalue weighted by molar-refractivity contribution is -0.166. The fourth-order valence-electron chi connectivity index (χ4n) is 3.80. The molecule has 5 nitrogen and oxygen atoms in total. The molecule has 2 aliphatic rings. The Kier molecular flexibility index (Phi) is 5.79. The molecule has 0 N–H and O–H groups in total. The van der Waals surface area contributed by atoms with E-state index in [1.165, 1.54) is 0 Å². The molecule has 6 heteroatoms. The van der Waals surface area contributed by atoms with Gasteiger partial charge >= 0.3 is 0 Å². The summed E-state index contributed by atoms with van der Waals surface area (Å²) in [4.78, 5) is 17.9. The standard InChI is InChI=1S/C18H25FN2O3/c19-7-2-17(22)21-10-5-16-18(13-21,6-1-11-24-16)14-23-12-15-3-8-20-9-4-15/h3-4,8-9,16H,1-2,5-7,10-14H2. The zero-order valence-electron chi connectivity index (χ0n) is 14.0. The van der Waals surface area contributed by atoms with Gasteiger partial charge in [0.1, 0.15) is 0 Å². The van der Waals surface area contributed by atoms with Gasteiger partial charge in [-0.15, -0.1) is 0 Å². The molecular weight excluding hydrogens is 311 g/mol. The van der Waals surface area contributed by atoms with Gasteiger partial charge in [0.25, 0.3) is 0 Å². The van der Waals surface area contributed by atoms with E-state index in [1.807, 2.05) is 12.1 Å². The van der Waals surface area contributed by atoms with E-state index < -0.39 is 6.67 Å². The van der Waals surface area contributed by atoms with E-state index in [1.54, 1.807) is 17.3 Å². The Bertz CT molecular complexity index is 542. The number of fused-ring (bicyclic) bond motifs is 1. The highest BCUT2D eigenvalue weighted by atomic mass is 19.1. The van der Waals surface area contributed by atoms with Crippen LogP contribution in [0.2, 0.25) is 0 Å². The fraction of sp³-hybridized carbons (Fsp3) is 0.667. The third kappa shape index (κ3) is 3.92. The molecule has 0 aromatic carbocycles. The number of ether oxygens (including phenoxy) is 2. The Morgan fingerprint density at radius 1 is 1.46 bits per heavy atom. The SMILES string of the molecule is O=C(CCF)N1CCC2OCCCC2(COCc2ccncc2)C1. The summed E-state index contributed by atoms with van der Waals surface area (Å²) < 4.78 is 24.5. The van der Waals surface area contributed by atoms with Crippen LogP contribution in [0.3, 0.4) is 0 Å². The lowest BCUT2D eigenvalue weighted by Crippen LogP contribution is -2.58. The van der Waals surface area contributed by atoms with E-state index >= 15 is 0 Å². The lowest BCUT2D eigenvalue weighted by atomic mass is 9.73. The van der Waals surface area contributed by atoms with Crippen molar-refractivity contribution >= 4 is 5.91 Å². The number of pyridine rings is 1. The summed E-state index contributed by atoms with van der Waals surface area (Å²) in [6.07, 6.45) is 6.35. The van der Waals surface area contributed by atoms with Crippen LogP contribution in [0.25, 0.3) is 0 Å². The molecule has 2 aliphatic heterocycles. The first-order valence-electron chi connectivity index (χ1n) is 8.65. The van der Waals surface area contributed by atoms with Crippen molar-refractivity contribution in [1.29, 1.82) is 0 Å². The molecule has 2 atom stereocenters. The molecule has 0 aliphatic carbocycles. The van der Waals surface area contributed by atoms with Crippen molar-refractivity contribution in [2.75, 3.05) is 33.0 Å². The van der Waals surface area contributed by atoms with Gasteiger partial charge in [-0.2, -0.15) is 0 Å². The van der Waals surface area contributed by atoms with Crippen LogP contribution in [0.4, 0.5) is 4.39 Å². The molecule has 2 saturated heterocycles. The molecular formula is C18H25FN2O3. The lowest BCUT2D eigenvalue weighted by Gasteiger charge is -2.50. The summed E-state index contributed by atoms with van der Waals surface area (Å²) in [6.45, 7) is 2.51. The van der Waals surface area contributed by atoms with Crippen LogP contribution in [0.1, 0.15) is 31.2 Å². The smallest absolute Gasteiger partial charge is 0.225 e. The first-order chi connectivity index (χ1) is 11.7. The van der Waals surface area contributed by atoms with Crippen LogP contribution >= 0.6 is 0 Å². The second-order valence-electron chi connectivity index (χ2n) is 6.72. The quantitative estimate of drug-likeness (QED) is 0.800. The highest BCUT2D eigenvalue weighted by molar-refractivity contribution is 5.76.